The fourth-order valence-corrected chi connectivity index (χ4v) is 17.6. The first-order valence-corrected chi connectivity index (χ1v) is 15.6. The molecule has 0 aliphatic carbocycles. The molecule has 0 unspecified atom stereocenters. The molecular formula is C10H8S10. The van der Waals surface area contributed by atoms with Crippen molar-refractivity contribution in [3.05, 3.63) is 25.4 Å². The van der Waals surface area contributed by atoms with Crippen molar-refractivity contribution >= 4 is 114 Å². The molecule has 0 radical (unpaired) electrons. The molecule has 0 atom stereocenters. The lowest BCUT2D eigenvalue weighted by atomic mass is 11.0. The van der Waals surface area contributed by atoms with E-state index in [0.717, 1.165) is 0 Å². The Labute approximate surface area is 160 Å². The average molecular weight is 449 g/mol. The van der Waals surface area contributed by atoms with Crippen molar-refractivity contribution in [2.24, 2.45) is 0 Å². The molecule has 0 saturated carbocycles. The largest absolute Gasteiger partial charge is 0.116 e. The second-order valence-electron chi connectivity index (χ2n) is 3.64. The molecule has 0 saturated heterocycles. The number of thioether (sulfide) groups is 6. The van der Waals surface area contributed by atoms with Crippen LogP contribution in [0.1, 0.15) is 0 Å². The van der Waals surface area contributed by atoms with E-state index in [4.69, 9.17) is 0 Å². The SMILES string of the molecule is C1CSC2=C(SS1)SC(=C1SC3=C(SSCCS3)S1)S2. The monoisotopic (exact) mass is 448 g/mol. The van der Waals surface area contributed by atoms with Crippen molar-refractivity contribution in [2.45, 2.75) is 0 Å². The van der Waals surface area contributed by atoms with Gasteiger partial charge in [0.2, 0.25) is 0 Å². The fourth-order valence-electron chi connectivity index (χ4n) is 1.52. The van der Waals surface area contributed by atoms with E-state index < -0.39 is 0 Å². The minimum Gasteiger partial charge on any atom is -0.116 e. The molecule has 0 nitrogen and oxygen atoms in total. The van der Waals surface area contributed by atoms with Crippen LogP contribution in [0.3, 0.4) is 0 Å². The number of rotatable bonds is 0. The Balaban J connectivity index is 1.50. The predicted octanol–water partition coefficient (Wildman–Crippen LogP) is 7.58. The summed E-state index contributed by atoms with van der Waals surface area (Å²) >= 11 is 12.1. The Morgan fingerprint density at radius 2 is 0.900 bits per heavy atom. The Morgan fingerprint density at radius 3 is 1.40 bits per heavy atom. The Hall–Kier alpha value is 2.72. The first kappa shape index (κ1) is 16.2. The van der Waals surface area contributed by atoms with Crippen molar-refractivity contribution in [3.63, 3.8) is 0 Å². The minimum atomic E-state index is 1.25. The van der Waals surface area contributed by atoms with Crippen molar-refractivity contribution in [2.75, 3.05) is 23.0 Å². The van der Waals surface area contributed by atoms with Gasteiger partial charge in [-0.05, 0) is 21.6 Å². The molecule has 0 amide bonds. The topological polar surface area (TPSA) is 0 Å². The lowest BCUT2D eigenvalue weighted by molar-refractivity contribution is 1.58. The Bertz CT molecular complexity index is 432. The molecule has 4 rings (SSSR count). The van der Waals surface area contributed by atoms with Gasteiger partial charge in [0, 0.05) is 23.0 Å². The van der Waals surface area contributed by atoms with Gasteiger partial charge in [-0.3, -0.25) is 0 Å². The van der Waals surface area contributed by atoms with Crippen molar-refractivity contribution in [3.8, 4) is 0 Å². The average Bonchev–Trinajstić information content (AvgIpc) is 2.89. The molecule has 0 spiro atoms. The normalized spacial score (nSPS) is 31.2. The van der Waals surface area contributed by atoms with Gasteiger partial charge in [-0.2, -0.15) is 0 Å². The third kappa shape index (κ3) is 3.69. The standard InChI is InChI=1S/C10H8S10/c1-3-13-19-9-5(11-1)15-7(17-9)8-16-6-10(18-8)20-14-4-2-12-6/h1-4H2. The summed E-state index contributed by atoms with van der Waals surface area (Å²) in [7, 11) is 7.98. The van der Waals surface area contributed by atoms with Crippen LogP contribution in [-0.4, -0.2) is 23.0 Å². The van der Waals surface area contributed by atoms with Gasteiger partial charge >= 0.3 is 0 Å². The summed E-state index contributed by atoms with van der Waals surface area (Å²) in [6, 6.07) is 0. The zero-order valence-electron chi connectivity index (χ0n) is 9.91. The lowest BCUT2D eigenvalue weighted by Gasteiger charge is -2.04. The van der Waals surface area contributed by atoms with Crippen LogP contribution in [0.25, 0.3) is 0 Å². The molecule has 0 aromatic carbocycles. The van der Waals surface area contributed by atoms with Gasteiger partial charge < -0.3 is 0 Å². The van der Waals surface area contributed by atoms with Crippen LogP contribution in [-0.2, 0) is 0 Å². The molecule has 0 N–H and O–H groups in total. The molecule has 4 aliphatic heterocycles. The summed E-state index contributed by atoms with van der Waals surface area (Å²) in [6.45, 7) is 0. The van der Waals surface area contributed by atoms with Crippen LogP contribution in [0.4, 0.5) is 0 Å². The molecule has 0 fully saturated rings. The van der Waals surface area contributed by atoms with E-state index >= 15 is 0 Å². The summed E-state index contributed by atoms with van der Waals surface area (Å²) in [4.78, 5) is 0. The van der Waals surface area contributed by atoms with E-state index in [-0.39, 0.29) is 0 Å². The molecule has 0 aromatic rings. The second-order valence-corrected chi connectivity index (χ2v) is 16.3. The van der Waals surface area contributed by atoms with Crippen LogP contribution in [0.5, 0.6) is 0 Å². The smallest absolute Gasteiger partial charge is 0.0768 e. The van der Waals surface area contributed by atoms with Gasteiger partial charge in [-0.25, -0.2) is 0 Å². The van der Waals surface area contributed by atoms with E-state index in [1.165, 1.54) is 40.0 Å². The molecule has 4 heterocycles. The van der Waals surface area contributed by atoms with Crippen LogP contribution < -0.4 is 0 Å². The van der Waals surface area contributed by atoms with Gasteiger partial charge in [0.05, 0.1) is 25.4 Å². The quantitative estimate of drug-likeness (QED) is 0.338. The summed E-state index contributed by atoms with van der Waals surface area (Å²) in [5.41, 5.74) is 0. The van der Waals surface area contributed by atoms with E-state index in [2.05, 4.69) is 0 Å². The summed E-state index contributed by atoms with van der Waals surface area (Å²) < 4.78 is 9.19. The van der Waals surface area contributed by atoms with Gasteiger partial charge in [-0.15, -0.1) is 23.5 Å². The highest BCUT2D eigenvalue weighted by molar-refractivity contribution is 8.81. The van der Waals surface area contributed by atoms with Crippen LogP contribution in [0.2, 0.25) is 0 Å². The van der Waals surface area contributed by atoms with E-state index in [0.29, 0.717) is 0 Å². The number of hydrogen-bond acceptors (Lipinski definition) is 10. The highest BCUT2D eigenvalue weighted by Gasteiger charge is 2.32. The zero-order valence-corrected chi connectivity index (χ0v) is 18.1. The maximum atomic E-state index is 2.05. The van der Waals surface area contributed by atoms with Gasteiger partial charge in [0.15, 0.2) is 0 Å². The van der Waals surface area contributed by atoms with Crippen molar-refractivity contribution in [1.82, 2.24) is 0 Å². The Morgan fingerprint density at radius 1 is 0.450 bits per heavy atom. The minimum absolute atomic E-state index is 1.25. The van der Waals surface area contributed by atoms with E-state index in [9.17, 15) is 0 Å². The summed E-state index contributed by atoms with van der Waals surface area (Å²) in [5, 5.41) is 0. The lowest BCUT2D eigenvalue weighted by Crippen LogP contribution is -1.78. The molecular weight excluding hydrogens is 441 g/mol. The maximum absolute atomic E-state index is 2.05. The third-order valence-electron chi connectivity index (χ3n) is 2.31. The van der Waals surface area contributed by atoms with E-state index in [1.807, 2.05) is 114 Å². The molecule has 0 aromatic heterocycles. The van der Waals surface area contributed by atoms with Gasteiger partial charge in [0.25, 0.3) is 0 Å². The molecule has 20 heavy (non-hydrogen) atoms. The van der Waals surface area contributed by atoms with Gasteiger partial charge in [-0.1, -0.05) is 68.6 Å². The number of hydrogen-bond donors (Lipinski definition) is 0. The maximum Gasteiger partial charge on any atom is 0.0768 e. The van der Waals surface area contributed by atoms with E-state index in [1.54, 1.807) is 8.47 Å². The zero-order chi connectivity index (χ0) is 13.4. The van der Waals surface area contributed by atoms with Crippen molar-refractivity contribution in [1.29, 1.82) is 0 Å². The first-order chi connectivity index (χ1) is 9.90. The van der Waals surface area contributed by atoms with Gasteiger partial charge in [0.1, 0.15) is 0 Å². The molecule has 0 bridgehead atoms. The van der Waals surface area contributed by atoms with Crippen LogP contribution in [0.15, 0.2) is 25.4 Å². The Kier molecular flexibility index (Phi) is 6.27. The highest BCUT2D eigenvalue weighted by Crippen LogP contribution is 2.68. The van der Waals surface area contributed by atoms with Crippen molar-refractivity contribution < 1.29 is 0 Å². The third-order valence-corrected chi connectivity index (χ3v) is 17.5. The fraction of sp³-hybridized carbons (Fsp3) is 0.400. The highest BCUT2D eigenvalue weighted by atomic mass is 33.1. The van der Waals surface area contributed by atoms with Crippen LogP contribution >= 0.6 is 114 Å². The summed E-state index contributed by atoms with van der Waals surface area (Å²) in [5.74, 6) is 5.03. The summed E-state index contributed by atoms with van der Waals surface area (Å²) in [6.07, 6.45) is 0. The van der Waals surface area contributed by atoms with Crippen LogP contribution in [0, 0.1) is 0 Å². The molecule has 4 aliphatic rings. The second kappa shape index (κ2) is 7.74. The first-order valence-electron chi connectivity index (χ1n) is 5.69. The molecule has 108 valence electrons. The predicted molar refractivity (Wildman–Crippen MR) is 116 cm³/mol. The molecule has 10 heteroatoms.